The van der Waals surface area contributed by atoms with Gasteiger partial charge in [0.05, 0.1) is 9.77 Å². The van der Waals surface area contributed by atoms with Gasteiger partial charge in [0.25, 0.3) is 15.9 Å². The third-order valence-electron chi connectivity index (χ3n) is 2.88. The molecule has 0 fully saturated rings. The van der Waals surface area contributed by atoms with Gasteiger partial charge in [0.1, 0.15) is 11.6 Å². The van der Waals surface area contributed by atoms with E-state index in [9.17, 15) is 13.2 Å². The minimum Gasteiger partial charge on any atom is -0.360 e. The number of nitrogens with one attached hydrogen (secondary N) is 2. The molecule has 1 amide bonds. The van der Waals surface area contributed by atoms with Gasteiger partial charge in [0.2, 0.25) is 0 Å². The van der Waals surface area contributed by atoms with E-state index in [0.717, 1.165) is 11.3 Å². The van der Waals surface area contributed by atoms with E-state index in [-0.39, 0.29) is 21.4 Å². The van der Waals surface area contributed by atoms with E-state index in [1.807, 2.05) is 0 Å². The third-order valence-corrected chi connectivity index (χ3v) is 5.30. The highest BCUT2D eigenvalue weighted by atomic mass is 32.2. The Hall–Kier alpha value is -2.72. The fourth-order valence-electron chi connectivity index (χ4n) is 1.80. The Morgan fingerprint density at radius 1 is 1.25 bits per heavy atom. The van der Waals surface area contributed by atoms with E-state index in [0.29, 0.717) is 5.76 Å². The molecule has 0 aromatic carbocycles. The molecule has 0 spiro atoms. The Kier molecular flexibility index (Phi) is 4.32. The molecule has 0 radical (unpaired) electrons. The monoisotopic (exact) mass is 364 g/mol. The molecule has 3 rings (SSSR count). The summed E-state index contributed by atoms with van der Waals surface area (Å²) in [4.78, 5) is 16.2. The van der Waals surface area contributed by atoms with Crippen molar-refractivity contribution < 1.29 is 17.7 Å². The average Bonchev–Trinajstić information content (AvgIpc) is 3.17. The molecule has 0 aliphatic rings. The van der Waals surface area contributed by atoms with Crippen molar-refractivity contribution in [1.29, 1.82) is 0 Å². The van der Waals surface area contributed by atoms with Crippen molar-refractivity contribution in [3.05, 3.63) is 52.5 Å². The lowest BCUT2D eigenvalue weighted by atomic mass is 10.4. The summed E-state index contributed by atoms with van der Waals surface area (Å²) < 4.78 is 31.8. The summed E-state index contributed by atoms with van der Waals surface area (Å²) in [6.45, 7) is 1.70. The Labute approximate surface area is 141 Å². The van der Waals surface area contributed by atoms with E-state index in [1.165, 1.54) is 23.7 Å². The topological polar surface area (TPSA) is 114 Å². The van der Waals surface area contributed by atoms with Crippen molar-refractivity contribution in [2.45, 2.75) is 11.8 Å². The summed E-state index contributed by atoms with van der Waals surface area (Å²) >= 11 is 1.01. The van der Waals surface area contributed by atoms with Crippen molar-refractivity contribution in [2.75, 3.05) is 10.0 Å². The number of aryl methyl sites for hydroxylation is 1. The number of sulfonamides is 1. The van der Waals surface area contributed by atoms with Gasteiger partial charge in [0, 0.05) is 17.6 Å². The first kappa shape index (κ1) is 16.1. The summed E-state index contributed by atoms with van der Waals surface area (Å²) in [7, 11) is -3.81. The van der Waals surface area contributed by atoms with Crippen LogP contribution in [0.25, 0.3) is 0 Å². The predicted molar refractivity (Wildman–Crippen MR) is 88.6 cm³/mol. The number of carbonyl (C=O) groups excluding carboxylic acids is 1. The lowest BCUT2D eigenvalue weighted by Gasteiger charge is -2.04. The van der Waals surface area contributed by atoms with Crippen molar-refractivity contribution >= 4 is 38.9 Å². The summed E-state index contributed by atoms with van der Waals surface area (Å²) in [6, 6.07) is 7.72. The molecule has 0 saturated heterocycles. The largest absolute Gasteiger partial charge is 0.360 e. The molecule has 0 bridgehead atoms. The number of nitrogens with zero attached hydrogens (tertiary/aromatic N) is 2. The van der Waals surface area contributed by atoms with Gasteiger partial charge in [-0.3, -0.25) is 9.52 Å². The van der Waals surface area contributed by atoms with E-state index in [4.69, 9.17) is 4.52 Å². The normalized spacial score (nSPS) is 11.2. The number of hydrogen-bond donors (Lipinski definition) is 2. The molecule has 24 heavy (non-hydrogen) atoms. The fourth-order valence-corrected chi connectivity index (χ4v) is 3.98. The molecule has 10 heteroatoms. The number of amides is 1. The maximum absolute atomic E-state index is 12.3. The molecular formula is C14H12N4O4S2. The van der Waals surface area contributed by atoms with Gasteiger partial charge in [-0.05, 0) is 25.1 Å². The summed E-state index contributed by atoms with van der Waals surface area (Å²) in [5.74, 6) is 0.557. The van der Waals surface area contributed by atoms with Gasteiger partial charge in [-0.1, -0.05) is 11.2 Å². The second kappa shape index (κ2) is 6.42. The molecule has 0 aliphatic carbocycles. The highest BCUT2D eigenvalue weighted by molar-refractivity contribution is 7.92. The Morgan fingerprint density at radius 2 is 2.08 bits per heavy atom. The molecule has 3 heterocycles. The highest BCUT2D eigenvalue weighted by Crippen LogP contribution is 2.22. The molecule has 0 aliphatic heterocycles. The quantitative estimate of drug-likeness (QED) is 0.719. The van der Waals surface area contributed by atoms with Gasteiger partial charge in [0.15, 0.2) is 5.82 Å². The smallest absolute Gasteiger partial charge is 0.267 e. The fraction of sp³-hybridized carbons (Fsp3) is 0.0714. The number of carbonyl (C=O) groups is 1. The first-order valence-electron chi connectivity index (χ1n) is 6.71. The van der Waals surface area contributed by atoms with Crippen LogP contribution in [0, 0.1) is 6.92 Å². The second-order valence-electron chi connectivity index (χ2n) is 4.74. The van der Waals surface area contributed by atoms with Crippen LogP contribution in [0.4, 0.5) is 11.6 Å². The zero-order valence-corrected chi connectivity index (χ0v) is 14.0. The van der Waals surface area contributed by atoms with E-state index < -0.39 is 15.9 Å². The molecule has 3 aromatic heterocycles. The van der Waals surface area contributed by atoms with Crippen LogP contribution in [0.1, 0.15) is 15.4 Å². The van der Waals surface area contributed by atoms with Crippen molar-refractivity contribution in [1.82, 2.24) is 10.1 Å². The number of aromatic nitrogens is 2. The molecule has 2 N–H and O–H groups in total. The molecule has 0 unspecified atom stereocenters. The van der Waals surface area contributed by atoms with E-state index in [1.54, 1.807) is 25.1 Å². The van der Waals surface area contributed by atoms with E-state index in [2.05, 4.69) is 20.2 Å². The predicted octanol–water partition coefficient (Wildman–Crippen LogP) is 2.49. The van der Waals surface area contributed by atoms with Gasteiger partial charge < -0.3 is 9.84 Å². The van der Waals surface area contributed by atoms with Crippen LogP contribution in [0.3, 0.4) is 0 Å². The van der Waals surface area contributed by atoms with Crippen molar-refractivity contribution in [2.24, 2.45) is 0 Å². The lowest BCUT2D eigenvalue weighted by molar-refractivity contribution is 0.102. The second-order valence-corrected chi connectivity index (χ2v) is 7.34. The van der Waals surface area contributed by atoms with Crippen molar-refractivity contribution in [3.8, 4) is 0 Å². The SMILES string of the molecule is Cc1cc(NC(=O)c2cc(S(=O)(=O)Nc3ccccn3)cs2)no1. The lowest BCUT2D eigenvalue weighted by Crippen LogP contribution is -2.13. The van der Waals surface area contributed by atoms with Gasteiger partial charge in [-0.15, -0.1) is 11.3 Å². The van der Waals surface area contributed by atoms with Gasteiger partial charge in [-0.2, -0.15) is 0 Å². The summed E-state index contributed by atoms with van der Waals surface area (Å²) in [6.07, 6.45) is 1.48. The zero-order valence-electron chi connectivity index (χ0n) is 12.4. The minimum absolute atomic E-state index is 0.0142. The van der Waals surface area contributed by atoms with Crippen LogP contribution in [-0.2, 0) is 10.0 Å². The average molecular weight is 364 g/mol. The maximum atomic E-state index is 12.3. The van der Waals surface area contributed by atoms with Gasteiger partial charge in [-0.25, -0.2) is 13.4 Å². The zero-order chi connectivity index (χ0) is 17.2. The highest BCUT2D eigenvalue weighted by Gasteiger charge is 2.20. The molecule has 0 atom stereocenters. The van der Waals surface area contributed by atoms with Crippen LogP contribution >= 0.6 is 11.3 Å². The molecule has 124 valence electrons. The number of anilines is 2. The number of thiophene rings is 1. The summed E-state index contributed by atoms with van der Waals surface area (Å²) in [5, 5.41) is 7.57. The van der Waals surface area contributed by atoms with Gasteiger partial charge >= 0.3 is 0 Å². The molecule has 3 aromatic rings. The first-order chi connectivity index (χ1) is 11.4. The van der Waals surface area contributed by atoms with Crippen LogP contribution in [0.15, 0.2) is 51.3 Å². The van der Waals surface area contributed by atoms with Crippen LogP contribution in [0.2, 0.25) is 0 Å². The Bertz CT molecular complexity index is 964. The third kappa shape index (κ3) is 3.60. The Morgan fingerprint density at radius 3 is 2.75 bits per heavy atom. The molecule has 0 saturated carbocycles. The number of rotatable bonds is 5. The van der Waals surface area contributed by atoms with Crippen LogP contribution < -0.4 is 10.0 Å². The Balaban J connectivity index is 1.75. The maximum Gasteiger partial charge on any atom is 0.267 e. The van der Waals surface area contributed by atoms with Crippen LogP contribution in [0.5, 0.6) is 0 Å². The minimum atomic E-state index is -3.81. The summed E-state index contributed by atoms with van der Waals surface area (Å²) in [5.41, 5.74) is 0. The molecule has 8 nitrogen and oxygen atoms in total. The van der Waals surface area contributed by atoms with E-state index >= 15 is 0 Å². The van der Waals surface area contributed by atoms with Crippen molar-refractivity contribution in [3.63, 3.8) is 0 Å². The standard InChI is InChI=1S/C14H12N4O4S2/c1-9-6-13(17-22-9)16-14(19)11-7-10(8-23-11)24(20,21)18-12-4-2-3-5-15-12/h2-8H,1H3,(H,15,18)(H,16,17,19). The number of hydrogen-bond acceptors (Lipinski definition) is 7. The molecular weight excluding hydrogens is 352 g/mol. The first-order valence-corrected chi connectivity index (χ1v) is 9.07. The van der Waals surface area contributed by atoms with Crippen LogP contribution in [-0.4, -0.2) is 24.5 Å². The number of pyridine rings is 1.